The number of hydrogen-bond donors (Lipinski definition) is 1. The Morgan fingerprint density at radius 3 is 2.24 bits per heavy atom. The fraction of sp³-hybridized carbons (Fsp3) is 0.333. The van der Waals surface area contributed by atoms with Crippen molar-refractivity contribution in [2.45, 2.75) is 25.7 Å². The van der Waals surface area contributed by atoms with Crippen molar-refractivity contribution in [3.8, 4) is 0 Å². The van der Waals surface area contributed by atoms with Gasteiger partial charge in [-0.25, -0.2) is 0 Å². The largest absolute Gasteiger partial charge is 0.378 e. The van der Waals surface area contributed by atoms with Crippen LogP contribution in [0.25, 0.3) is 0 Å². The average molecular weight is 338 g/mol. The van der Waals surface area contributed by atoms with Gasteiger partial charge in [0.25, 0.3) is 0 Å². The Morgan fingerprint density at radius 2 is 1.60 bits per heavy atom. The van der Waals surface area contributed by atoms with Crippen LogP contribution < -0.4 is 10.2 Å². The number of rotatable bonds is 9. The van der Waals surface area contributed by atoms with E-state index < -0.39 is 0 Å². The summed E-state index contributed by atoms with van der Waals surface area (Å²) in [4.78, 5) is 25.9. The molecule has 0 aliphatic rings. The van der Waals surface area contributed by atoms with Crippen LogP contribution in [0.5, 0.6) is 0 Å². The van der Waals surface area contributed by atoms with Gasteiger partial charge in [0.2, 0.25) is 5.91 Å². The zero-order valence-electron chi connectivity index (χ0n) is 15.0. The van der Waals surface area contributed by atoms with E-state index >= 15 is 0 Å². The van der Waals surface area contributed by atoms with Crippen molar-refractivity contribution in [2.24, 2.45) is 0 Å². The number of nitrogens with one attached hydrogen (secondary N) is 1. The number of nitrogens with zero attached hydrogens (tertiary/aromatic N) is 1. The van der Waals surface area contributed by atoms with Crippen LogP contribution >= 0.6 is 0 Å². The molecule has 25 heavy (non-hydrogen) atoms. The molecule has 0 aliphatic carbocycles. The van der Waals surface area contributed by atoms with Gasteiger partial charge in [-0.2, -0.15) is 0 Å². The standard InChI is InChI=1S/C21H26N2O2/c1-23(2)19-13-11-17(12-14-19)15-16-22-21(25)10-6-9-20(24)18-7-4-3-5-8-18/h3-5,7-8,11-14H,6,9-10,15-16H2,1-2H3,(H,22,25). The molecule has 4 heteroatoms. The van der Waals surface area contributed by atoms with Gasteiger partial charge in [-0.05, 0) is 30.5 Å². The molecule has 2 rings (SSSR count). The van der Waals surface area contributed by atoms with Gasteiger partial charge in [-0.1, -0.05) is 42.5 Å². The molecule has 1 N–H and O–H groups in total. The van der Waals surface area contributed by atoms with Crippen LogP contribution in [-0.2, 0) is 11.2 Å². The highest BCUT2D eigenvalue weighted by atomic mass is 16.1. The van der Waals surface area contributed by atoms with Crippen molar-refractivity contribution in [2.75, 3.05) is 25.5 Å². The number of benzene rings is 2. The summed E-state index contributed by atoms with van der Waals surface area (Å²) in [6, 6.07) is 17.5. The molecule has 0 unspecified atom stereocenters. The predicted octanol–water partition coefficient (Wildman–Crippen LogP) is 3.46. The van der Waals surface area contributed by atoms with Gasteiger partial charge in [-0.3, -0.25) is 9.59 Å². The molecule has 0 atom stereocenters. The zero-order valence-corrected chi connectivity index (χ0v) is 15.0. The summed E-state index contributed by atoms with van der Waals surface area (Å²) in [5, 5.41) is 2.92. The van der Waals surface area contributed by atoms with Crippen LogP contribution in [0.1, 0.15) is 35.2 Å². The quantitative estimate of drug-likeness (QED) is 0.712. The number of Topliss-reactive ketones (excluding diaryl/α,β-unsaturated/α-hetero) is 1. The predicted molar refractivity (Wildman–Crippen MR) is 102 cm³/mol. The van der Waals surface area contributed by atoms with Gasteiger partial charge in [0.15, 0.2) is 5.78 Å². The number of ketones is 1. The van der Waals surface area contributed by atoms with Gasteiger partial charge in [-0.15, -0.1) is 0 Å². The average Bonchev–Trinajstić information content (AvgIpc) is 2.63. The summed E-state index contributed by atoms with van der Waals surface area (Å²) >= 11 is 0. The maximum Gasteiger partial charge on any atom is 0.220 e. The van der Waals surface area contributed by atoms with Crippen LogP contribution in [0.2, 0.25) is 0 Å². The second-order valence-electron chi connectivity index (χ2n) is 6.30. The summed E-state index contributed by atoms with van der Waals surface area (Å²) in [5.74, 6) is 0.0974. The third-order valence-electron chi connectivity index (χ3n) is 4.09. The first-order chi connectivity index (χ1) is 12.1. The Hall–Kier alpha value is -2.62. The molecule has 0 heterocycles. The van der Waals surface area contributed by atoms with Gasteiger partial charge >= 0.3 is 0 Å². The first-order valence-electron chi connectivity index (χ1n) is 8.67. The smallest absolute Gasteiger partial charge is 0.220 e. The molecule has 0 aromatic heterocycles. The first-order valence-corrected chi connectivity index (χ1v) is 8.67. The minimum Gasteiger partial charge on any atom is -0.378 e. The number of carbonyl (C=O) groups is 2. The van der Waals surface area contributed by atoms with Crippen LogP contribution in [0, 0.1) is 0 Å². The lowest BCUT2D eigenvalue weighted by Gasteiger charge is -2.12. The van der Waals surface area contributed by atoms with Crippen LogP contribution in [0.4, 0.5) is 5.69 Å². The molecule has 0 saturated carbocycles. The van der Waals surface area contributed by atoms with Crippen molar-refractivity contribution in [3.05, 3.63) is 65.7 Å². The highest BCUT2D eigenvalue weighted by molar-refractivity contribution is 5.96. The van der Waals surface area contributed by atoms with E-state index in [4.69, 9.17) is 0 Å². The molecule has 0 aliphatic heterocycles. The van der Waals surface area contributed by atoms with Gasteiger partial charge in [0.1, 0.15) is 0 Å². The minimum absolute atomic E-state index is 0.00535. The number of amides is 1. The molecule has 0 bridgehead atoms. The molecule has 132 valence electrons. The topological polar surface area (TPSA) is 49.4 Å². The lowest BCUT2D eigenvalue weighted by atomic mass is 10.1. The van der Waals surface area contributed by atoms with E-state index in [1.807, 2.05) is 44.4 Å². The second-order valence-corrected chi connectivity index (χ2v) is 6.30. The summed E-state index contributed by atoms with van der Waals surface area (Å²) in [5.41, 5.74) is 3.07. The lowest BCUT2D eigenvalue weighted by Crippen LogP contribution is -2.25. The van der Waals surface area contributed by atoms with Crippen molar-refractivity contribution in [3.63, 3.8) is 0 Å². The summed E-state index contributed by atoms with van der Waals surface area (Å²) in [6.45, 7) is 0.618. The number of anilines is 1. The van der Waals surface area contributed by atoms with E-state index in [0.29, 0.717) is 31.4 Å². The normalized spacial score (nSPS) is 10.3. The van der Waals surface area contributed by atoms with E-state index in [2.05, 4.69) is 34.5 Å². The molecular formula is C21H26N2O2. The van der Waals surface area contributed by atoms with E-state index in [-0.39, 0.29) is 11.7 Å². The van der Waals surface area contributed by atoms with E-state index in [9.17, 15) is 9.59 Å². The van der Waals surface area contributed by atoms with Crippen molar-refractivity contribution >= 4 is 17.4 Å². The zero-order chi connectivity index (χ0) is 18.1. The summed E-state index contributed by atoms with van der Waals surface area (Å²) in [6.07, 6.45) is 2.18. The molecule has 0 saturated heterocycles. The Bertz CT molecular complexity index is 679. The van der Waals surface area contributed by atoms with Crippen molar-refractivity contribution in [1.82, 2.24) is 5.32 Å². The Kier molecular flexibility index (Phi) is 7.20. The molecule has 4 nitrogen and oxygen atoms in total. The maximum atomic E-state index is 12.0. The highest BCUT2D eigenvalue weighted by Crippen LogP contribution is 2.12. The van der Waals surface area contributed by atoms with E-state index in [0.717, 1.165) is 12.1 Å². The molecule has 2 aromatic carbocycles. The van der Waals surface area contributed by atoms with Crippen molar-refractivity contribution < 1.29 is 9.59 Å². The molecule has 0 radical (unpaired) electrons. The van der Waals surface area contributed by atoms with Crippen molar-refractivity contribution in [1.29, 1.82) is 0 Å². The lowest BCUT2D eigenvalue weighted by molar-refractivity contribution is -0.121. The second kappa shape index (κ2) is 9.62. The third kappa shape index (κ3) is 6.42. The Morgan fingerprint density at radius 1 is 0.920 bits per heavy atom. The third-order valence-corrected chi connectivity index (χ3v) is 4.09. The fourth-order valence-electron chi connectivity index (χ4n) is 2.57. The summed E-state index contributed by atoms with van der Waals surface area (Å²) < 4.78 is 0. The molecule has 2 aromatic rings. The highest BCUT2D eigenvalue weighted by Gasteiger charge is 2.07. The molecular weight excluding hydrogens is 312 g/mol. The van der Waals surface area contributed by atoms with Crippen LogP contribution in [0.3, 0.4) is 0 Å². The first kappa shape index (κ1) is 18.7. The molecule has 0 fully saturated rings. The van der Waals surface area contributed by atoms with Crippen LogP contribution in [0.15, 0.2) is 54.6 Å². The molecule has 0 spiro atoms. The number of carbonyl (C=O) groups excluding carboxylic acids is 2. The Balaban J connectivity index is 1.63. The minimum atomic E-state index is 0.00535. The number of hydrogen-bond acceptors (Lipinski definition) is 3. The summed E-state index contributed by atoms with van der Waals surface area (Å²) in [7, 11) is 4.02. The van der Waals surface area contributed by atoms with Gasteiger partial charge in [0.05, 0.1) is 0 Å². The van der Waals surface area contributed by atoms with Crippen LogP contribution in [-0.4, -0.2) is 32.3 Å². The van der Waals surface area contributed by atoms with E-state index in [1.54, 1.807) is 0 Å². The maximum absolute atomic E-state index is 12.0. The van der Waals surface area contributed by atoms with E-state index in [1.165, 1.54) is 5.56 Å². The van der Waals surface area contributed by atoms with Gasteiger partial charge < -0.3 is 10.2 Å². The van der Waals surface area contributed by atoms with Gasteiger partial charge in [0, 0.05) is 44.7 Å². The Labute approximate surface area is 149 Å². The molecule has 1 amide bonds. The SMILES string of the molecule is CN(C)c1ccc(CCNC(=O)CCCC(=O)c2ccccc2)cc1. The monoisotopic (exact) mass is 338 g/mol. The fourth-order valence-corrected chi connectivity index (χ4v) is 2.57.